The van der Waals surface area contributed by atoms with Crippen molar-refractivity contribution < 1.29 is 4.79 Å². The van der Waals surface area contributed by atoms with Crippen molar-refractivity contribution >= 4 is 22.8 Å². The van der Waals surface area contributed by atoms with Crippen LogP contribution in [0.3, 0.4) is 0 Å². The first-order valence-corrected chi connectivity index (χ1v) is 11.9. The Hall–Kier alpha value is -3.94. The van der Waals surface area contributed by atoms with E-state index in [0.29, 0.717) is 23.4 Å². The third-order valence-corrected chi connectivity index (χ3v) is 5.89. The summed E-state index contributed by atoms with van der Waals surface area (Å²) in [4.78, 5) is 44.4. The Kier molecular flexibility index (Phi) is 7.00. The zero-order valence-electron chi connectivity index (χ0n) is 20.6. The molecular formula is C27H31N5O3. The minimum absolute atomic E-state index is 0.207. The third kappa shape index (κ3) is 5.11. The van der Waals surface area contributed by atoms with E-state index >= 15 is 0 Å². The number of amides is 1. The molecule has 8 nitrogen and oxygen atoms in total. The third-order valence-electron chi connectivity index (χ3n) is 5.89. The minimum atomic E-state index is -0.562. The van der Waals surface area contributed by atoms with E-state index in [2.05, 4.69) is 10.3 Å². The number of aromatic nitrogens is 4. The van der Waals surface area contributed by atoms with E-state index in [1.54, 1.807) is 10.9 Å². The Balaban J connectivity index is 1.79. The zero-order valence-corrected chi connectivity index (χ0v) is 20.6. The normalized spacial score (nSPS) is 11.5. The van der Waals surface area contributed by atoms with Crippen molar-refractivity contribution in [1.29, 1.82) is 0 Å². The number of carbonyl (C=O) groups excluding carboxylic acids is 1. The smallest absolute Gasteiger partial charge is 0.324 e. The molecule has 0 aliphatic carbocycles. The van der Waals surface area contributed by atoms with E-state index in [1.165, 1.54) is 4.57 Å². The monoisotopic (exact) mass is 473 g/mol. The summed E-state index contributed by atoms with van der Waals surface area (Å²) in [7, 11) is 0. The summed E-state index contributed by atoms with van der Waals surface area (Å²) in [6.45, 7) is 8.61. The van der Waals surface area contributed by atoms with Gasteiger partial charge in [-0.05, 0) is 29.0 Å². The average Bonchev–Trinajstić information content (AvgIpc) is 3.23. The van der Waals surface area contributed by atoms with Gasteiger partial charge in [0.1, 0.15) is 6.54 Å². The molecule has 0 spiro atoms. The molecule has 0 unspecified atom stereocenters. The van der Waals surface area contributed by atoms with Gasteiger partial charge in [0, 0.05) is 12.2 Å². The summed E-state index contributed by atoms with van der Waals surface area (Å²) in [6, 6.07) is 17.1. The van der Waals surface area contributed by atoms with E-state index in [-0.39, 0.29) is 24.9 Å². The van der Waals surface area contributed by atoms with Gasteiger partial charge in [-0.1, -0.05) is 76.2 Å². The van der Waals surface area contributed by atoms with E-state index < -0.39 is 17.2 Å². The van der Waals surface area contributed by atoms with E-state index in [1.807, 2.05) is 82.3 Å². The van der Waals surface area contributed by atoms with Gasteiger partial charge in [0.15, 0.2) is 11.2 Å². The van der Waals surface area contributed by atoms with Crippen molar-refractivity contribution in [3.63, 3.8) is 0 Å². The van der Waals surface area contributed by atoms with Crippen LogP contribution in [0.5, 0.6) is 0 Å². The van der Waals surface area contributed by atoms with Crippen molar-refractivity contribution in [3.05, 3.63) is 92.9 Å². The molecule has 2 heterocycles. The van der Waals surface area contributed by atoms with Crippen molar-refractivity contribution in [2.24, 2.45) is 5.92 Å². The maximum Gasteiger partial charge on any atom is 0.333 e. The second kappa shape index (κ2) is 10.1. The number of hydrogen-bond acceptors (Lipinski definition) is 4. The molecule has 0 saturated heterocycles. The van der Waals surface area contributed by atoms with Gasteiger partial charge in [-0.15, -0.1) is 0 Å². The Labute approximate surface area is 203 Å². The van der Waals surface area contributed by atoms with Gasteiger partial charge >= 0.3 is 5.69 Å². The fourth-order valence-electron chi connectivity index (χ4n) is 4.27. The molecule has 0 aliphatic heterocycles. The van der Waals surface area contributed by atoms with Crippen LogP contribution in [0, 0.1) is 5.92 Å². The highest BCUT2D eigenvalue weighted by Crippen LogP contribution is 2.23. The van der Waals surface area contributed by atoms with Crippen LogP contribution in [0.1, 0.15) is 44.7 Å². The Bertz CT molecular complexity index is 1460. The van der Waals surface area contributed by atoms with Crippen LogP contribution in [0.15, 0.2) is 70.5 Å². The molecular weight excluding hydrogens is 442 g/mol. The van der Waals surface area contributed by atoms with Crippen LogP contribution in [0.25, 0.3) is 11.2 Å². The Morgan fingerprint density at radius 1 is 0.943 bits per heavy atom. The summed E-state index contributed by atoms with van der Waals surface area (Å²) >= 11 is 0. The van der Waals surface area contributed by atoms with Crippen molar-refractivity contribution in [2.75, 3.05) is 5.32 Å². The molecule has 4 aromatic rings. The SMILES string of the molecule is CC(C)Cn1cnc2c1c(=O)n(CC(=O)Nc1ccccc1C(C)C)c(=O)n2Cc1ccccc1. The van der Waals surface area contributed by atoms with E-state index in [4.69, 9.17) is 0 Å². The number of hydrogen-bond donors (Lipinski definition) is 1. The molecule has 35 heavy (non-hydrogen) atoms. The van der Waals surface area contributed by atoms with Crippen molar-refractivity contribution in [3.8, 4) is 0 Å². The molecule has 182 valence electrons. The predicted octanol–water partition coefficient (Wildman–Crippen LogP) is 3.83. The standard InChI is InChI=1S/C27H31N5O3/c1-18(2)14-30-17-28-25-24(30)26(34)32(27(35)31(25)15-20-10-6-5-7-11-20)16-23(33)29-22-13-9-8-12-21(22)19(3)4/h5-13,17-19H,14-16H2,1-4H3,(H,29,33). The van der Waals surface area contributed by atoms with Gasteiger partial charge < -0.3 is 9.88 Å². The second-order valence-electron chi connectivity index (χ2n) is 9.50. The number of nitrogens with zero attached hydrogens (tertiary/aromatic N) is 4. The predicted molar refractivity (Wildman–Crippen MR) is 138 cm³/mol. The fourth-order valence-corrected chi connectivity index (χ4v) is 4.27. The number of nitrogens with one attached hydrogen (secondary N) is 1. The highest BCUT2D eigenvalue weighted by Gasteiger charge is 2.21. The minimum Gasteiger partial charge on any atom is -0.324 e. The van der Waals surface area contributed by atoms with E-state index in [9.17, 15) is 14.4 Å². The second-order valence-corrected chi connectivity index (χ2v) is 9.50. The number of anilines is 1. The maximum atomic E-state index is 13.5. The number of carbonyl (C=O) groups is 1. The van der Waals surface area contributed by atoms with Gasteiger partial charge in [-0.3, -0.25) is 14.2 Å². The van der Waals surface area contributed by atoms with Crippen LogP contribution in [-0.2, 0) is 24.4 Å². The largest absolute Gasteiger partial charge is 0.333 e. The number of benzene rings is 2. The number of rotatable bonds is 8. The van der Waals surface area contributed by atoms with Crippen LogP contribution >= 0.6 is 0 Å². The van der Waals surface area contributed by atoms with Gasteiger partial charge in [0.2, 0.25) is 5.91 Å². The molecule has 4 rings (SSSR count). The lowest BCUT2D eigenvalue weighted by atomic mass is 10.0. The Morgan fingerprint density at radius 3 is 2.31 bits per heavy atom. The topological polar surface area (TPSA) is 90.9 Å². The van der Waals surface area contributed by atoms with Gasteiger partial charge in [0.25, 0.3) is 5.56 Å². The molecule has 1 N–H and O–H groups in total. The summed E-state index contributed by atoms with van der Waals surface area (Å²) in [5, 5.41) is 2.88. The first-order chi connectivity index (χ1) is 16.8. The van der Waals surface area contributed by atoms with Crippen LogP contribution in [0.2, 0.25) is 0 Å². The summed E-state index contributed by atoms with van der Waals surface area (Å²) in [5.41, 5.74) is 2.13. The lowest BCUT2D eigenvalue weighted by molar-refractivity contribution is -0.116. The molecule has 1 amide bonds. The molecule has 0 fully saturated rings. The molecule has 0 aliphatic rings. The summed E-state index contributed by atoms with van der Waals surface area (Å²) in [5.74, 6) is 0.0440. The summed E-state index contributed by atoms with van der Waals surface area (Å²) < 4.78 is 4.25. The van der Waals surface area contributed by atoms with Gasteiger partial charge in [-0.25, -0.2) is 14.3 Å². The lowest BCUT2D eigenvalue weighted by Crippen LogP contribution is -2.43. The molecule has 8 heteroatoms. The highest BCUT2D eigenvalue weighted by molar-refractivity contribution is 5.91. The van der Waals surface area contributed by atoms with Crippen LogP contribution < -0.4 is 16.6 Å². The highest BCUT2D eigenvalue weighted by atomic mass is 16.2. The number of imidazole rings is 1. The number of fused-ring (bicyclic) bond motifs is 1. The fraction of sp³-hybridized carbons (Fsp3) is 0.333. The van der Waals surface area contributed by atoms with Gasteiger partial charge in [0.05, 0.1) is 12.9 Å². The van der Waals surface area contributed by atoms with E-state index in [0.717, 1.165) is 15.7 Å². The van der Waals surface area contributed by atoms with Crippen LogP contribution in [-0.4, -0.2) is 24.6 Å². The molecule has 2 aromatic carbocycles. The van der Waals surface area contributed by atoms with Gasteiger partial charge in [-0.2, -0.15) is 0 Å². The first-order valence-electron chi connectivity index (χ1n) is 11.9. The quantitative estimate of drug-likeness (QED) is 0.421. The average molecular weight is 474 g/mol. The van der Waals surface area contributed by atoms with Crippen molar-refractivity contribution in [2.45, 2.75) is 53.2 Å². The molecule has 0 radical (unpaired) electrons. The van der Waals surface area contributed by atoms with Crippen LogP contribution in [0.4, 0.5) is 5.69 Å². The molecule has 0 bridgehead atoms. The maximum absolute atomic E-state index is 13.5. The zero-order chi connectivity index (χ0) is 25.1. The summed E-state index contributed by atoms with van der Waals surface area (Å²) in [6.07, 6.45) is 1.59. The molecule has 0 saturated carbocycles. The molecule has 0 atom stereocenters. The lowest BCUT2D eigenvalue weighted by Gasteiger charge is -2.15. The van der Waals surface area contributed by atoms with Crippen molar-refractivity contribution in [1.82, 2.24) is 18.7 Å². The first kappa shape index (κ1) is 24.2. The Morgan fingerprint density at radius 2 is 1.63 bits per heavy atom. The molecule has 2 aromatic heterocycles. The number of para-hydroxylation sites is 1.